The van der Waals surface area contributed by atoms with E-state index in [1.54, 1.807) is 30.5 Å². The van der Waals surface area contributed by atoms with Gasteiger partial charge in [-0.2, -0.15) is 0 Å². The lowest BCUT2D eigenvalue weighted by atomic mass is 9.91. The van der Waals surface area contributed by atoms with E-state index in [4.69, 9.17) is 11.6 Å². The SMILES string of the molecule is CCC(c1ccc([N+](=O)[O-])c2cccnc12)C(C)Cl. The maximum Gasteiger partial charge on any atom is 0.278 e. The van der Waals surface area contributed by atoms with Gasteiger partial charge in [0, 0.05) is 23.6 Å². The molecule has 2 unspecified atom stereocenters. The molecule has 0 radical (unpaired) electrons. The summed E-state index contributed by atoms with van der Waals surface area (Å²) in [6, 6.07) is 6.77. The van der Waals surface area contributed by atoms with Crippen LogP contribution in [0.3, 0.4) is 0 Å². The van der Waals surface area contributed by atoms with Gasteiger partial charge in [0.15, 0.2) is 0 Å². The lowest BCUT2D eigenvalue weighted by Gasteiger charge is -2.19. The second kappa shape index (κ2) is 5.53. The third kappa shape index (κ3) is 2.54. The highest BCUT2D eigenvalue weighted by molar-refractivity contribution is 6.21. The van der Waals surface area contributed by atoms with Crippen molar-refractivity contribution in [2.45, 2.75) is 31.6 Å². The van der Waals surface area contributed by atoms with Gasteiger partial charge in [0.25, 0.3) is 5.69 Å². The Balaban J connectivity index is 2.71. The molecule has 4 nitrogen and oxygen atoms in total. The number of halogens is 1. The molecule has 1 heterocycles. The lowest BCUT2D eigenvalue weighted by Crippen LogP contribution is -2.09. The van der Waals surface area contributed by atoms with E-state index >= 15 is 0 Å². The predicted molar refractivity (Wildman–Crippen MR) is 76.7 cm³/mol. The van der Waals surface area contributed by atoms with Crippen molar-refractivity contribution in [1.82, 2.24) is 4.98 Å². The molecule has 2 rings (SSSR count). The van der Waals surface area contributed by atoms with Gasteiger partial charge < -0.3 is 0 Å². The number of nitro groups is 1. The molecule has 0 aliphatic carbocycles. The van der Waals surface area contributed by atoms with E-state index < -0.39 is 0 Å². The van der Waals surface area contributed by atoms with E-state index in [2.05, 4.69) is 11.9 Å². The highest BCUT2D eigenvalue weighted by Gasteiger charge is 2.22. The van der Waals surface area contributed by atoms with Gasteiger partial charge in [-0.25, -0.2) is 0 Å². The molecular weight excluding hydrogens is 264 g/mol. The number of hydrogen-bond acceptors (Lipinski definition) is 3. The maximum atomic E-state index is 11.1. The fourth-order valence-electron chi connectivity index (χ4n) is 2.43. The number of alkyl halides is 1. The van der Waals surface area contributed by atoms with Gasteiger partial charge in [-0.3, -0.25) is 15.1 Å². The van der Waals surface area contributed by atoms with E-state index in [1.165, 1.54) is 0 Å². The van der Waals surface area contributed by atoms with E-state index in [1.807, 2.05) is 6.92 Å². The summed E-state index contributed by atoms with van der Waals surface area (Å²) < 4.78 is 0. The van der Waals surface area contributed by atoms with Crippen LogP contribution in [0.4, 0.5) is 5.69 Å². The number of fused-ring (bicyclic) bond motifs is 1. The van der Waals surface area contributed by atoms with Crippen LogP contribution in [0, 0.1) is 10.1 Å². The molecule has 19 heavy (non-hydrogen) atoms. The fraction of sp³-hybridized carbons (Fsp3) is 0.357. The third-order valence-electron chi connectivity index (χ3n) is 3.37. The first kappa shape index (κ1) is 13.7. The molecule has 1 aromatic heterocycles. The second-order valence-electron chi connectivity index (χ2n) is 4.52. The summed E-state index contributed by atoms with van der Waals surface area (Å²) >= 11 is 6.22. The maximum absolute atomic E-state index is 11.1. The normalized spacial score (nSPS) is 14.3. The highest BCUT2D eigenvalue weighted by atomic mass is 35.5. The van der Waals surface area contributed by atoms with Gasteiger partial charge in [-0.05, 0) is 37.1 Å². The Hall–Kier alpha value is -1.68. The number of pyridine rings is 1. The van der Waals surface area contributed by atoms with Crippen molar-refractivity contribution in [3.05, 3.63) is 46.1 Å². The first-order valence-electron chi connectivity index (χ1n) is 6.22. The lowest BCUT2D eigenvalue weighted by molar-refractivity contribution is -0.383. The standard InChI is InChI=1S/C14H15ClN2O2/c1-3-10(9(2)15)11-6-7-13(17(18)19)12-5-4-8-16-14(11)12/h4-10H,3H2,1-2H3. The average Bonchev–Trinajstić information content (AvgIpc) is 2.39. The summed E-state index contributed by atoms with van der Waals surface area (Å²) in [6.07, 6.45) is 2.52. The Morgan fingerprint density at radius 1 is 1.42 bits per heavy atom. The fourth-order valence-corrected chi connectivity index (χ4v) is 2.74. The molecule has 0 amide bonds. The minimum atomic E-state index is -0.376. The molecule has 0 aliphatic heterocycles. The molecule has 0 spiro atoms. The third-order valence-corrected chi connectivity index (χ3v) is 3.67. The first-order valence-corrected chi connectivity index (χ1v) is 6.66. The van der Waals surface area contributed by atoms with E-state index in [-0.39, 0.29) is 21.9 Å². The van der Waals surface area contributed by atoms with E-state index in [0.29, 0.717) is 10.9 Å². The van der Waals surface area contributed by atoms with Gasteiger partial charge in [0.2, 0.25) is 0 Å². The number of nitro benzene ring substituents is 1. The highest BCUT2D eigenvalue weighted by Crippen LogP contribution is 2.35. The smallest absolute Gasteiger partial charge is 0.258 e. The van der Waals surface area contributed by atoms with Crippen LogP contribution in [0.25, 0.3) is 10.9 Å². The van der Waals surface area contributed by atoms with Crippen LogP contribution in [0.15, 0.2) is 30.5 Å². The number of benzene rings is 1. The van der Waals surface area contributed by atoms with Crippen molar-refractivity contribution in [2.24, 2.45) is 0 Å². The average molecular weight is 279 g/mol. The van der Waals surface area contributed by atoms with Crippen LogP contribution in [0.2, 0.25) is 0 Å². The molecule has 2 aromatic rings. The summed E-state index contributed by atoms with van der Waals surface area (Å²) in [4.78, 5) is 15.0. The number of aromatic nitrogens is 1. The summed E-state index contributed by atoms with van der Waals surface area (Å²) in [5.74, 6) is 0.139. The Morgan fingerprint density at radius 3 is 2.74 bits per heavy atom. The molecule has 0 fully saturated rings. The molecule has 0 saturated heterocycles. The minimum Gasteiger partial charge on any atom is -0.258 e. The van der Waals surface area contributed by atoms with Crippen LogP contribution < -0.4 is 0 Å². The molecule has 1 aromatic carbocycles. The number of nitrogens with zero attached hydrogens (tertiary/aromatic N) is 2. The van der Waals surface area contributed by atoms with Crippen molar-refractivity contribution in [3.63, 3.8) is 0 Å². The van der Waals surface area contributed by atoms with E-state index in [0.717, 1.165) is 12.0 Å². The zero-order valence-electron chi connectivity index (χ0n) is 10.8. The zero-order valence-corrected chi connectivity index (χ0v) is 11.6. The molecule has 100 valence electrons. The van der Waals surface area contributed by atoms with Crippen LogP contribution in [0.5, 0.6) is 0 Å². The molecule has 2 atom stereocenters. The van der Waals surface area contributed by atoms with Crippen LogP contribution >= 0.6 is 11.6 Å². The second-order valence-corrected chi connectivity index (χ2v) is 5.21. The van der Waals surface area contributed by atoms with Crippen molar-refractivity contribution in [1.29, 1.82) is 0 Å². The first-order chi connectivity index (χ1) is 9.06. The largest absolute Gasteiger partial charge is 0.278 e. The van der Waals surface area contributed by atoms with Crippen molar-refractivity contribution in [3.8, 4) is 0 Å². The minimum absolute atomic E-state index is 0.0448. The Kier molecular flexibility index (Phi) is 4.00. The molecule has 0 N–H and O–H groups in total. The number of rotatable bonds is 4. The van der Waals surface area contributed by atoms with Gasteiger partial charge in [0.05, 0.1) is 15.8 Å². The molecule has 0 aliphatic rings. The Morgan fingerprint density at radius 2 is 2.16 bits per heavy atom. The van der Waals surface area contributed by atoms with Gasteiger partial charge >= 0.3 is 0 Å². The number of hydrogen-bond donors (Lipinski definition) is 0. The van der Waals surface area contributed by atoms with Crippen LogP contribution in [-0.4, -0.2) is 15.3 Å². The quantitative estimate of drug-likeness (QED) is 0.477. The Labute approximate surface area is 116 Å². The summed E-state index contributed by atoms with van der Waals surface area (Å²) in [7, 11) is 0. The van der Waals surface area contributed by atoms with Crippen molar-refractivity contribution < 1.29 is 4.92 Å². The molecule has 0 saturated carbocycles. The predicted octanol–water partition coefficient (Wildman–Crippen LogP) is 4.26. The number of non-ortho nitro benzene ring substituents is 1. The molecule has 0 bridgehead atoms. The van der Waals surface area contributed by atoms with Crippen LogP contribution in [0.1, 0.15) is 31.7 Å². The summed E-state index contributed by atoms with van der Waals surface area (Å²) in [6.45, 7) is 3.99. The van der Waals surface area contributed by atoms with Gasteiger partial charge in [-0.15, -0.1) is 11.6 Å². The van der Waals surface area contributed by atoms with Gasteiger partial charge in [0.1, 0.15) is 0 Å². The molecule has 5 heteroatoms. The monoisotopic (exact) mass is 278 g/mol. The van der Waals surface area contributed by atoms with Crippen molar-refractivity contribution in [2.75, 3.05) is 0 Å². The zero-order chi connectivity index (χ0) is 14.0. The van der Waals surface area contributed by atoms with Crippen molar-refractivity contribution >= 4 is 28.2 Å². The van der Waals surface area contributed by atoms with Crippen LogP contribution in [-0.2, 0) is 0 Å². The molecular formula is C14H15ClN2O2. The summed E-state index contributed by atoms with van der Waals surface area (Å²) in [5.41, 5.74) is 1.74. The summed E-state index contributed by atoms with van der Waals surface area (Å²) in [5, 5.41) is 11.6. The van der Waals surface area contributed by atoms with Gasteiger partial charge in [-0.1, -0.05) is 6.92 Å². The topological polar surface area (TPSA) is 56.0 Å². The Bertz CT molecular complexity index is 613. The van der Waals surface area contributed by atoms with E-state index in [9.17, 15) is 10.1 Å².